The number of carbonyl (C=O) groups is 2. The summed E-state index contributed by atoms with van der Waals surface area (Å²) in [6.07, 6.45) is 1.90. The van der Waals surface area contributed by atoms with Crippen LogP contribution in [0.5, 0.6) is 0 Å². The molecule has 7 heteroatoms. The molecule has 2 heterocycles. The van der Waals surface area contributed by atoms with E-state index in [0.29, 0.717) is 38.0 Å². The Hall–Kier alpha value is -2.51. The van der Waals surface area contributed by atoms with Gasteiger partial charge in [0.25, 0.3) is 0 Å². The fourth-order valence-electron chi connectivity index (χ4n) is 4.45. The van der Waals surface area contributed by atoms with E-state index in [2.05, 4.69) is 6.07 Å². The van der Waals surface area contributed by atoms with Gasteiger partial charge in [0, 0.05) is 36.8 Å². The number of piperidine rings is 1. The van der Waals surface area contributed by atoms with Crippen LogP contribution in [0.1, 0.15) is 41.3 Å². The molecule has 2 aromatic rings. The van der Waals surface area contributed by atoms with E-state index < -0.39 is 10.0 Å². The molecule has 0 N–H and O–H groups in total. The van der Waals surface area contributed by atoms with Crippen molar-refractivity contribution in [1.82, 2.24) is 4.31 Å². The van der Waals surface area contributed by atoms with Gasteiger partial charge in [-0.25, -0.2) is 8.42 Å². The number of sulfonamides is 1. The van der Waals surface area contributed by atoms with Crippen LogP contribution in [0.4, 0.5) is 5.69 Å². The summed E-state index contributed by atoms with van der Waals surface area (Å²) in [7, 11) is -3.63. The van der Waals surface area contributed by atoms with Gasteiger partial charge in [-0.3, -0.25) is 9.59 Å². The van der Waals surface area contributed by atoms with Crippen LogP contribution >= 0.6 is 0 Å². The van der Waals surface area contributed by atoms with Crippen LogP contribution in [0.25, 0.3) is 0 Å². The van der Waals surface area contributed by atoms with Crippen molar-refractivity contribution in [1.29, 1.82) is 0 Å². The Morgan fingerprint density at radius 1 is 0.967 bits per heavy atom. The lowest BCUT2D eigenvalue weighted by atomic mass is 9.96. The fourth-order valence-corrected chi connectivity index (χ4v) is 5.92. The molecule has 0 spiro atoms. The highest BCUT2D eigenvalue weighted by Crippen LogP contribution is 2.34. The standard InChI is InChI=1S/C23H26N2O4S/c1-16-4-3-5-19-12-15-25(22(16)19)23(27)20-10-13-24(14-11-20)30(28,29)21-8-6-18(7-9-21)17(2)26/h3-9,20H,10-15H2,1-2H3. The van der Waals surface area contributed by atoms with Gasteiger partial charge < -0.3 is 4.90 Å². The summed E-state index contributed by atoms with van der Waals surface area (Å²) in [6, 6.07) is 12.2. The number of Topliss-reactive ketones (excluding diaryl/α,β-unsaturated/α-hetero) is 1. The molecule has 1 saturated heterocycles. The lowest BCUT2D eigenvalue weighted by molar-refractivity contribution is -0.123. The van der Waals surface area contributed by atoms with E-state index in [9.17, 15) is 18.0 Å². The van der Waals surface area contributed by atoms with Gasteiger partial charge >= 0.3 is 0 Å². The average molecular weight is 427 g/mol. The molecule has 0 radical (unpaired) electrons. The topological polar surface area (TPSA) is 74.8 Å². The van der Waals surface area contributed by atoms with E-state index in [0.717, 1.165) is 17.7 Å². The summed E-state index contributed by atoms with van der Waals surface area (Å²) in [5.74, 6) is -0.162. The summed E-state index contributed by atoms with van der Waals surface area (Å²) in [6.45, 7) is 4.81. The van der Waals surface area contributed by atoms with E-state index in [1.54, 1.807) is 12.1 Å². The maximum atomic E-state index is 13.2. The number of aryl methyl sites for hydroxylation is 1. The molecule has 158 valence electrons. The number of benzene rings is 2. The summed E-state index contributed by atoms with van der Waals surface area (Å²) < 4.78 is 27.4. The SMILES string of the molecule is CC(=O)c1ccc(S(=O)(=O)N2CCC(C(=O)N3CCc4cccc(C)c43)CC2)cc1. The molecular formula is C23H26N2O4S. The Balaban J connectivity index is 1.44. The van der Waals surface area contributed by atoms with Crippen LogP contribution in [0.3, 0.4) is 0 Å². The molecule has 0 aliphatic carbocycles. The van der Waals surface area contributed by atoms with E-state index in [4.69, 9.17) is 0 Å². The van der Waals surface area contributed by atoms with E-state index in [1.807, 2.05) is 24.0 Å². The molecule has 2 aliphatic heterocycles. The van der Waals surface area contributed by atoms with Gasteiger partial charge in [-0.1, -0.05) is 30.3 Å². The maximum Gasteiger partial charge on any atom is 0.243 e. The first-order chi connectivity index (χ1) is 14.3. The number of carbonyl (C=O) groups excluding carboxylic acids is 2. The van der Waals surface area contributed by atoms with Crippen LogP contribution in [-0.2, 0) is 21.2 Å². The molecule has 6 nitrogen and oxygen atoms in total. The third-order valence-corrected chi connectivity index (χ3v) is 8.08. The van der Waals surface area contributed by atoms with Gasteiger partial charge in [0.2, 0.25) is 15.9 Å². The van der Waals surface area contributed by atoms with Gasteiger partial charge in [-0.05, 0) is 56.4 Å². The van der Waals surface area contributed by atoms with Crippen molar-refractivity contribution in [3.05, 3.63) is 59.2 Å². The Labute approximate surface area is 177 Å². The Kier molecular flexibility index (Phi) is 5.51. The molecule has 2 aromatic carbocycles. The molecule has 0 aromatic heterocycles. The second kappa shape index (κ2) is 7.96. The molecule has 30 heavy (non-hydrogen) atoms. The molecular weight excluding hydrogens is 400 g/mol. The first-order valence-electron chi connectivity index (χ1n) is 10.3. The zero-order valence-electron chi connectivity index (χ0n) is 17.3. The number of ketones is 1. The van der Waals surface area contributed by atoms with Gasteiger partial charge in [0.05, 0.1) is 4.90 Å². The third kappa shape index (κ3) is 3.68. The number of nitrogens with zero attached hydrogens (tertiary/aromatic N) is 2. The molecule has 0 bridgehead atoms. The van der Waals surface area contributed by atoms with Crippen LogP contribution in [0, 0.1) is 12.8 Å². The summed E-state index contributed by atoms with van der Waals surface area (Å²) in [4.78, 5) is 26.7. The number of anilines is 1. The summed E-state index contributed by atoms with van der Waals surface area (Å²) in [5.41, 5.74) is 3.83. The van der Waals surface area contributed by atoms with Gasteiger partial charge in [-0.15, -0.1) is 0 Å². The van der Waals surface area contributed by atoms with Crippen LogP contribution in [0.2, 0.25) is 0 Å². The van der Waals surface area contributed by atoms with Crippen molar-refractivity contribution < 1.29 is 18.0 Å². The van der Waals surface area contributed by atoms with Crippen LogP contribution in [-0.4, -0.2) is 44.0 Å². The normalized spacial score (nSPS) is 17.7. The molecule has 0 atom stereocenters. The zero-order chi connectivity index (χ0) is 21.5. The van der Waals surface area contributed by atoms with Gasteiger partial charge in [-0.2, -0.15) is 4.31 Å². The Morgan fingerprint density at radius 2 is 1.63 bits per heavy atom. The average Bonchev–Trinajstić information content (AvgIpc) is 3.19. The van der Waals surface area contributed by atoms with Gasteiger partial charge in [0.15, 0.2) is 5.78 Å². The van der Waals surface area contributed by atoms with Crippen molar-refractivity contribution in [2.75, 3.05) is 24.5 Å². The minimum atomic E-state index is -3.63. The second-order valence-electron chi connectivity index (χ2n) is 8.08. The summed E-state index contributed by atoms with van der Waals surface area (Å²) >= 11 is 0. The number of para-hydroxylation sites is 1. The first-order valence-corrected chi connectivity index (χ1v) is 11.7. The fraction of sp³-hybridized carbons (Fsp3) is 0.391. The monoisotopic (exact) mass is 426 g/mol. The van der Waals surface area contributed by atoms with Crippen LogP contribution in [0.15, 0.2) is 47.4 Å². The molecule has 2 aliphatic rings. The first kappa shape index (κ1) is 20.8. The molecule has 1 amide bonds. The van der Waals surface area contributed by atoms with E-state index in [1.165, 1.54) is 28.9 Å². The van der Waals surface area contributed by atoms with E-state index >= 15 is 0 Å². The summed E-state index contributed by atoms with van der Waals surface area (Å²) in [5, 5.41) is 0. The second-order valence-corrected chi connectivity index (χ2v) is 10.0. The molecule has 0 saturated carbocycles. The highest BCUT2D eigenvalue weighted by molar-refractivity contribution is 7.89. The Morgan fingerprint density at radius 3 is 2.27 bits per heavy atom. The highest BCUT2D eigenvalue weighted by atomic mass is 32.2. The van der Waals surface area contributed by atoms with E-state index in [-0.39, 0.29) is 22.5 Å². The number of rotatable bonds is 4. The predicted molar refractivity (Wildman–Crippen MR) is 115 cm³/mol. The maximum absolute atomic E-state index is 13.2. The van der Waals surface area contributed by atoms with Gasteiger partial charge in [0.1, 0.15) is 0 Å². The minimum Gasteiger partial charge on any atom is -0.311 e. The van der Waals surface area contributed by atoms with Crippen molar-refractivity contribution >= 4 is 27.4 Å². The quantitative estimate of drug-likeness (QED) is 0.704. The Bertz CT molecular complexity index is 1080. The molecule has 0 unspecified atom stereocenters. The lowest BCUT2D eigenvalue weighted by Gasteiger charge is -2.33. The third-order valence-electron chi connectivity index (χ3n) is 6.16. The highest BCUT2D eigenvalue weighted by Gasteiger charge is 2.36. The van der Waals surface area contributed by atoms with Crippen molar-refractivity contribution in [3.63, 3.8) is 0 Å². The van der Waals surface area contributed by atoms with Crippen molar-refractivity contribution in [2.24, 2.45) is 5.92 Å². The van der Waals surface area contributed by atoms with Crippen molar-refractivity contribution in [2.45, 2.75) is 38.0 Å². The smallest absolute Gasteiger partial charge is 0.243 e. The number of hydrogen-bond donors (Lipinski definition) is 0. The molecule has 4 rings (SSSR count). The number of amides is 1. The number of hydrogen-bond acceptors (Lipinski definition) is 4. The minimum absolute atomic E-state index is 0.100. The predicted octanol–water partition coefficient (Wildman–Crippen LogP) is 3.19. The van der Waals surface area contributed by atoms with Crippen molar-refractivity contribution in [3.8, 4) is 0 Å². The lowest BCUT2D eigenvalue weighted by Crippen LogP contribution is -2.44. The number of fused-ring (bicyclic) bond motifs is 1. The van der Waals surface area contributed by atoms with Crippen LogP contribution < -0.4 is 4.90 Å². The zero-order valence-corrected chi connectivity index (χ0v) is 18.1. The molecule has 1 fully saturated rings. The largest absolute Gasteiger partial charge is 0.311 e.